The van der Waals surface area contributed by atoms with Gasteiger partial charge in [0.1, 0.15) is 11.5 Å². The van der Waals surface area contributed by atoms with Gasteiger partial charge in [-0.05, 0) is 72.8 Å². The molecule has 146 valence electrons. The summed E-state index contributed by atoms with van der Waals surface area (Å²) in [6, 6.07) is 14.6. The lowest BCUT2D eigenvalue weighted by Crippen LogP contribution is -2.22. The number of methoxy groups -OCH3 is 1. The van der Waals surface area contributed by atoms with Crippen molar-refractivity contribution in [2.24, 2.45) is 0 Å². The van der Waals surface area contributed by atoms with Crippen molar-refractivity contribution in [3.05, 3.63) is 48.5 Å². The smallest absolute Gasteiger partial charge is 0.237 e. The van der Waals surface area contributed by atoms with Crippen molar-refractivity contribution >= 4 is 23.4 Å². The van der Waals surface area contributed by atoms with Gasteiger partial charge in [-0.25, -0.2) is 0 Å². The third kappa shape index (κ3) is 4.80. The monoisotopic (exact) mass is 399 g/mol. The van der Waals surface area contributed by atoms with Crippen LogP contribution in [0.2, 0.25) is 0 Å². The number of carbonyl (C=O) groups is 1. The van der Waals surface area contributed by atoms with Gasteiger partial charge in [0.25, 0.3) is 0 Å². The van der Waals surface area contributed by atoms with Crippen LogP contribution in [0.15, 0.2) is 53.7 Å². The first kappa shape index (κ1) is 19.7. The van der Waals surface area contributed by atoms with Gasteiger partial charge < -0.3 is 14.8 Å². The van der Waals surface area contributed by atoms with Crippen LogP contribution in [-0.4, -0.2) is 45.1 Å². The second-order valence-electron chi connectivity index (χ2n) is 5.78. The summed E-state index contributed by atoms with van der Waals surface area (Å²) < 4.78 is 12.2. The lowest BCUT2D eigenvalue weighted by molar-refractivity contribution is -0.115. The number of rotatable bonds is 8. The summed E-state index contributed by atoms with van der Waals surface area (Å²) in [4.78, 5) is 12.5. The van der Waals surface area contributed by atoms with Crippen LogP contribution < -0.4 is 14.8 Å². The lowest BCUT2D eigenvalue weighted by atomic mass is 10.3. The first-order valence-corrected chi connectivity index (χ1v) is 9.62. The summed E-state index contributed by atoms with van der Waals surface area (Å²) in [7, 11) is 1.60. The summed E-state index contributed by atoms with van der Waals surface area (Å²) in [5.74, 6) is 1.37. The Kier molecular flexibility index (Phi) is 6.49. The minimum atomic E-state index is -0.394. The summed E-state index contributed by atoms with van der Waals surface area (Å²) in [6.45, 7) is 4.34. The van der Waals surface area contributed by atoms with E-state index < -0.39 is 5.25 Å². The van der Waals surface area contributed by atoms with Crippen molar-refractivity contribution in [2.45, 2.75) is 24.3 Å². The number of hydrogen-bond acceptors (Lipinski definition) is 7. The molecule has 0 radical (unpaired) electrons. The molecular weight excluding hydrogens is 378 g/mol. The molecule has 1 N–H and O–H groups in total. The van der Waals surface area contributed by atoms with Gasteiger partial charge in [0, 0.05) is 5.69 Å². The summed E-state index contributed by atoms with van der Waals surface area (Å²) in [5.41, 5.74) is 1.49. The van der Waals surface area contributed by atoms with E-state index in [1.165, 1.54) is 11.8 Å². The van der Waals surface area contributed by atoms with Crippen LogP contribution in [0.1, 0.15) is 13.8 Å². The number of anilines is 1. The van der Waals surface area contributed by atoms with E-state index in [0.717, 1.165) is 17.2 Å². The number of nitrogens with one attached hydrogen (secondary N) is 1. The minimum absolute atomic E-state index is 0.142. The highest BCUT2D eigenvalue weighted by atomic mass is 32.2. The average Bonchev–Trinajstić information content (AvgIpc) is 3.17. The molecule has 1 amide bonds. The Balaban J connectivity index is 1.66. The molecule has 0 saturated heterocycles. The highest BCUT2D eigenvalue weighted by Gasteiger charge is 2.19. The summed E-state index contributed by atoms with van der Waals surface area (Å²) in [6.07, 6.45) is 0. The fourth-order valence-corrected chi connectivity index (χ4v) is 3.20. The average molecular weight is 399 g/mol. The Labute approximate surface area is 167 Å². The summed E-state index contributed by atoms with van der Waals surface area (Å²) >= 11 is 1.28. The second kappa shape index (κ2) is 9.23. The maximum Gasteiger partial charge on any atom is 0.237 e. The molecule has 1 heterocycles. The molecule has 8 nitrogen and oxygen atoms in total. The molecule has 0 unspecified atom stereocenters. The van der Waals surface area contributed by atoms with Crippen LogP contribution in [-0.2, 0) is 4.79 Å². The first-order valence-electron chi connectivity index (χ1n) is 8.74. The van der Waals surface area contributed by atoms with E-state index in [4.69, 9.17) is 9.47 Å². The van der Waals surface area contributed by atoms with Crippen molar-refractivity contribution in [3.8, 4) is 17.2 Å². The molecule has 2 aromatic carbocycles. The van der Waals surface area contributed by atoms with Gasteiger partial charge in [0.05, 0.1) is 24.7 Å². The molecule has 0 saturated carbocycles. The molecular formula is C19H21N5O3S. The number of benzene rings is 2. The molecule has 0 aliphatic carbocycles. The van der Waals surface area contributed by atoms with Crippen molar-refractivity contribution in [3.63, 3.8) is 0 Å². The molecule has 3 aromatic rings. The van der Waals surface area contributed by atoms with Crippen molar-refractivity contribution < 1.29 is 14.3 Å². The predicted octanol–water partition coefficient (Wildman–Crippen LogP) is 3.19. The Morgan fingerprint density at radius 2 is 1.82 bits per heavy atom. The van der Waals surface area contributed by atoms with Crippen LogP contribution in [0, 0.1) is 0 Å². The maximum atomic E-state index is 12.5. The minimum Gasteiger partial charge on any atom is -0.497 e. The van der Waals surface area contributed by atoms with Crippen LogP contribution in [0.5, 0.6) is 11.5 Å². The van der Waals surface area contributed by atoms with E-state index in [9.17, 15) is 4.79 Å². The molecule has 28 heavy (non-hydrogen) atoms. The van der Waals surface area contributed by atoms with E-state index in [1.807, 2.05) is 31.2 Å². The SMILES string of the molecule is CCOc1ccc(-n2nnnc2S[C@@H](C)C(=O)Nc2ccc(OC)cc2)cc1. The van der Waals surface area contributed by atoms with Gasteiger partial charge in [0.2, 0.25) is 11.1 Å². The topological polar surface area (TPSA) is 91.2 Å². The van der Waals surface area contributed by atoms with Crippen LogP contribution in [0.3, 0.4) is 0 Å². The number of aromatic nitrogens is 4. The van der Waals surface area contributed by atoms with Crippen molar-refractivity contribution in [2.75, 3.05) is 19.0 Å². The van der Waals surface area contributed by atoms with Gasteiger partial charge in [-0.1, -0.05) is 11.8 Å². The molecule has 1 aromatic heterocycles. The Hall–Kier alpha value is -3.07. The van der Waals surface area contributed by atoms with E-state index in [-0.39, 0.29) is 5.91 Å². The van der Waals surface area contributed by atoms with Gasteiger partial charge in [-0.15, -0.1) is 5.10 Å². The van der Waals surface area contributed by atoms with E-state index >= 15 is 0 Å². The zero-order valence-corrected chi connectivity index (χ0v) is 16.6. The number of tetrazole rings is 1. The van der Waals surface area contributed by atoms with E-state index in [2.05, 4.69) is 20.8 Å². The van der Waals surface area contributed by atoms with Gasteiger partial charge in [0.15, 0.2) is 0 Å². The van der Waals surface area contributed by atoms with Crippen LogP contribution in [0.4, 0.5) is 5.69 Å². The molecule has 0 aliphatic rings. The zero-order valence-electron chi connectivity index (χ0n) is 15.8. The fourth-order valence-electron chi connectivity index (χ4n) is 2.39. The van der Waals surface area contributed by atoms with E-state index in [0.29, 0.717) is 17.5 Å². The molecule has 9 heteroatoms. The highest BCUT2D eigenvalue weighted by molar-refractivity contribution is 8.00. The number of hydrogen-bond donors (Lipinski definition) is 1. The number of ether oxygens (including phenoxy) is 2. The lowest BCUT2D eigenvalue weighted by Gasteiger charge is -2.12. The van der Waals surface area contributed by atoms with Crippen molar-refractivity contribution in [1.82, 2.24) is 20.2 Å². The standard InChI is InChI=1S/C19H21N5O3S/c1-4-27-17-11-7-15(8-12-17)24-19(21-22-23-24)28-13(2)18(25)20-14-5-9-16(26-3)10-6-14/h5-13H,4H2,1-3H3,(H,20,25)/t13-/m0/s1. The van der Waals surface area contributed by atoms with E-state index in [1.54, 1.807) is 43.0 Å². The first-order chi connectivity index (χ1) is 13.6. The molecule has 0 aliphatic heterocycles. The second-order valence-corrected chi connectivity index (χ2v) is 7.09. The number of carbonyl (C=O) groups excluding carboxylic acids is 1. The summed E-state index contributed by atoms with van der Waals surface area (Å²) in [5, 5.41) is 14.8. The molecule has 3 rings (SSSR count). The van der Waals surface area contributed by atoms with Crippen LogP contribution in [0.25, 0.3) is 5.69 Å². The highest BCUT2D eigenvalue weighted by Crippen LogP contribution is 2.25. The van der Waals surface area contributed by atoms with Crippen LogP contribution >= 0.6 is 11.8 Å². The number of nitrogens with zero attached hydrogens (tertiary/aromatic N) is 4. The molecule has 0 fully saturated rings. The Bertz CT molecular complexity index is 912. The molecule has 0 bridgehead atoms. The largest absolute Gasteiger partial charge is 0.497 e. The molecule has 0 spiro atoms. The third-order valence-electron chi connectivity index (χ3n) is 3.84. The third-order valence-corrected chi connectivity index (χ3v) is 4.88. The zero-order chi connectivity index (χ0) is 19.9. The Morgan fingerprint density at radius 1 is 1.14 bits per heavy atom. The fraction of sp³-hybridized carbons (Fsp3) is 0.263. The molecule has 1 atom stereocenters. The van der Waals surface area contributed by atoms with Crippen molar-refractivity contribution in [1.29, 1.82) is 0 Å². The van der Waals surface area contributed by atoms with Gasteiger partial charge in [-0.2, -0.15) is 4.68 Å². The predicted molar refractivity (Wildman–Crippen MR) is 107 cm³/mol. The number of amides is 1. The Morgan fingerprint density at radius 3 is 2.46 bits per heavy atom. The maximum absolute atomic E-state index is 12.5. The number of thioether (sulfide) groups is 1. The van der Waals surface area contributed by atoms with Gasteiger partial charge >= 0.3 is 0 Å². The van der Waals surface area contributed by atoms with Gasteiger partial charge in [-0.3, -0.25) is 4.79 Å². The quantitative estimate of drug-likeness (QED) is 0.582. The normalized spacial score (nSPS) is 11.7.